The van der Waals surface area contributed by atoms with Crippen molar-refractivity contribution in [1.82, 2.24) is 10.6 Å². The van der Waals surface area contributed by atoms with Gasteiger partial charge in [0, 0.05) is 12.6 Å². The van der Waals surface area contributed by atoms with Gasteiger partial charge in [0.15, 0.2) is 0 Å². The van der Waals surface area contributed by atoms with E-state index < -0.39 is 17.5 Å². The molecule has 0 radical (unpaired) electrons. The number of benzene rings is 1. The number of carbonyl (C=O) groups is 2. The average Bonchev–Trinajstić information content (AvgIpc) is 2.33. The van der Waals surface area contributed by atoms with E-state index in [-0.39, 0.29) is 18.0 Å². The highest BCUT2D eigenvalue weighted by molar-refractivity contribution is 5.98. The lowest BCUT2D eigenvalue weighted by Gasteiger charge is -2.09. The van der Waals surface area contributed by atoms with E-state index in [1.165, 1.54) is 0 Å². The van der Waals surface area contributed by atoms with Crippen molar-refractivity contribution in [3.8, 4) is 5.75 Å². The molecule has 0 spiro atoms. The fourth-order valence-corrected chi connectivity index (χ4v) is 1.33. The molecule has 0 atom stereocenters. The van der Waals surface area contributed by atoms with Gasteiger partial charge < -0.3 is 15.7 Å². The number of nitrogens with one attached hydrogen (secondary N) is 2. The molecule has 0 fully saturated rings. The standard InChI is InChI=1S/C13H17FN2O3/c1-8(2)6-15-12(18)7-16-13(19)10-4-3-9(14)5-11(10)17/h3-5,8,17H,6-7H2,1-2H3,(H,15,18)(H,16,19). The summed E-state index contributed by atoms with van der Waals surface area (Å²) in [6.45, 7) is 4.24. The van der Waals surface area contributed by atoms with Crippen LogP contribution in [0, 0.1) is 11.7 Å². The number of phenolic OH excluding ortho intramolecular Hbond substituents is 1. The number of hydrogen-bond donors (Lipinski definition) is 3. The van der Waals surface area contributed by atoms with E-state index in [2.05, 4.69) is 10.6 Å². The monoisotopic (exact) mass is 268 g/mol. The summed E-state index contributed by atoms with van der Waals surface area (Å²) in [6, 6.07) is 3.06. The second-order valence-corrected chi connectivity index (χ2v) is 4.54. The van der Waals surface area contributed by atoms with Crippen molar-refractivity contribution in [3.63, 3.8) is 0 Å². The van der Waals surface area contributed by atoms with Crippen LogP contribution in [0.1, 0.15) is 24.2 Å². The van der Waals surface area contributed by atoms with Crippen LogP contribution in [0.4, 0.5) is 4.39 Å². The molecule has 1 aromatic carbocycles. The topological polar surface area (TPSA) is 78.4 Å². The SMILES string of the molecule is CC(C)CNC(=O)CNC(=O)c1ccc(F)cc1O. The van der Waals surface area contributed by atoms with E-state index in [0.29, 0.717) is 12.5 Å². The van der Waals surface area contributed by atoms with Crippen molar-refractivity contribution >= 4 is 11.8 Å². The fraction of sp³-hybridized carbons (Fsp3) is 0.385. The summed E-state index contributed by atoms with van der Waals surface area (Å²) in [7, 11) is 0. The number of halogens is 1. The summed E-state index contributed by atoms with van der Waals surface area (Å²) in [5.74, 6) is -1.72. The molecule has 0 saturated heterocycles. The van der Waals surface area contributed by atoms with E-state index >= 15 is 0 Å². The molecule has 3 N–H and O–H groups in total. The van der Waals surface area contributed by atoms with Crippen LogP contribution >= 0.6 is 0 Å². The minimum Gasteiger partial charge on any atom is -0.507 e. The van der Waals surface area contributed by atoms with Gasteiger partial charge in [0.1, 0.15) is 11.6 Å². The van der Waals surface area contributed by atoms with Crippen LogP contribution < -0.4 is 10.6 Å². The van der Waals surface area contributed by atoms with Gasteiger partial charge >= 0.3 is 0 Å². The molecule has 0 aliphatic carbocycles. The van der Waals surface area contributed by atoms with Crippen LogP contribution in [0.15, 0.2) is 18.2 Å². The summed E-state index contributed by atoms with van der Waals surface area (Å²) >= 11 is 0. The van der Waals surface area contributed by atoms with Crippen LogP contribution in [0.2, 0.25) is 0 Å². The van der Waals surface area contributed by atoms with Crippen molar-refractivity contribution in [2.45, 2.75) is 13.8 Å². The minimum atomic E-state index is -0.635. The van der Waals surface area contributed by atoms with Crippen LogP contribution in [-0.2, 0) is 4.79 Å². The van der Waals surface area contributed by atoms with Gasteiger partial charge in [-0.3, -0.25) is 9.59 Å². The highest BCUT2D eigenvalue weighted by atomic mass is 19.1. The Kier molecular flexibility index (Phi) is 5.29. The molecule has 19 heavy (non-hydrogen) atoms. The van der Waals surface area contributed by atoms with Gasteiger partial charge in [-0.1, -0.05) is 13.8 Å². The molecule has 0 heterocycles. The molecule has 1 aromatic rings. The van der Waals surface area contributed by atoms with Gasteiger partial charge in [0.2, 0.25) is 5.91 Å². The average molecular weight is 268 g/mol. The first-order valence-electron chi connectivity index (χ1n) is 5.93. The molecule has 0 aromatic heterocycles. The van der Waals surface area contributed by atoms with Crippen LogP contribution in [0.25, 0.3) is 0 Å². The summed E-state index contributed by atoms with van der Waals surface area (Å²) in [5, 5.41) is 14.4. The Hall–Kier alpha value is -2.11. The number of amides is 2. The zero-order valence-electron chi connectivity index (χ0n) is 10.9. The second-order valence-electron chi connectivity index (χ2n) is 4.54. The van der Waals surface area contributed by atoms with E-state index in [1.54, 1.807) is 0 Å². The van der Waals surface area contributed by atoms with Gasteiger partial charge in [-0.2, -0.15) is 0 Å². The Morgan fingerprint density at radius 2 is 2.00 bits per heavy atom. The molecule has 6 heteroatoms. The maximum atomic E-state index is 12.7. The molecule has 0 bridgehead atoms. The van der Waals surface area contributed by atoms with Gasteiger partial charge in [-0.05, 0) is 18.1 Å². The Labute approximate surface area is 110 Å². The first kappa shape index (κ1) is 14.9. The Bertz CT molecular complexity index is 475. The number of hydrogen-bond acceptors (Lipinski definition) is 3. The first-order valence-corrected chi connectivity index (χ1v) is 5.93. The predicted molar refractivity (Wildman–Crippen MR) is 68.2 cm³/mol. The highest BCUT2D eigenvalue weighted by Gasteiger charge is 2.12. The number of rotatable bonds is 5. The predicted octanol–water partition coefficient (Wildman–Crippen LogP) is 1.03. The number of phenols is 1. The van der Waals surface area contributed by atoms with Crippen molar-refractivity contribution in [2.75, 3.05) is 13.1 Å². The molecule has 0 aliphatic rings. The Balaban J connectivity index is 2.49. The quantitative estimate of drug-likeness (QED) is 0.746. The number of carbonyl (C=O) groups excluding carboxylic acids is 2. The van der Waals surface area contributed by atoms with Crippen molar-refractivity contribution in [3.05, 3.63) is 29.6 Å². The first-order chi connectivity index (χ1) is 8.90. The molecular weight excluding hydrogens is 251 g/mol. The van der Waals surface area contributed by atoms with Crippen molar-refractivity contribution in [2.24, 2.45) is 5.92 Å². The van der Waals surface area contributed by atoms with E-state index in [9.17, 15) is 19.1 Å². The van der Waals surface area contributed by atoms with Crippen LogP contribution in [-0.4, -0.2) is 30.0 Å². The van der Waals surface area contributed by atoms with Crippen molar-refractivity contribution in [1.29, 1.82) is 0 Å². The second kappa shape index (κ2) is 6.72. The fourth-order valence-electron chi connectivity index (χ4n) is 1.33. The molecular formula is C13H17FN2O3. The molecule has 0 saturated carbocycles. The van der Waals surface area contributed by atoms with Crippen LogP contribution in [0.5, 0.6) is 5.75 Å². The van der Waals surface area contributed by atoms with E-state index in [0.717, 1.165) is 18.2 Å². The van der Waals surface area contributed by atoms with Gasteiger partial charge in [-0.25, -0.2) is 4.39 Å². The lowest BCUT2D eigenvalue weighted by atomic mass is 10.2. The third-order valence-electron chi connectivity index (χ3n) is 2.32. The Morgan fingerprint density at radius 3 is 2.58 bits per heavy atom. The summed E-state index contributed by atoms with van der Waals surface area (Å²) in [6.07, 6.45) is 0. The summed E-state index contributed by atoms with van der Waals surface area (Å²) < 4.78 is 12.7. The van der Waals surface area contributed by atoms with Crippen molar-refractivity contribution < 1.29 is 19.1 Å². The lowest BCUT2D eigenvalue weighted by Crippen LogP contribution is -2.38. The van der Waals surface area contributed by atoms with Gasteiger partial charge in [-0.15, -0.1) is 0 Å². The zero-order valence-corrected chi connectivity index (χ0v) is 10.9. The summed E-state index contributed by atoms with van der Waals surface area (Å²) in [4.78, 5) is 23.0. The molecule has 2 amide bonds. The molecule has 0 unspecified atom stereocenters. The maximum absolute atomic E-state index is 12.7. The smallest absolute Gasteiger partial charge is 0.255 e. The van der Waals surface area contributed by atoms with Crippen LogP contribution in [0.3, 0.4) is 0 Å². The van der Waals surface area contributed by atoms with Gasteiger partial charge in [0.25, 0.3) is 5.91 Å². The normalized spacial score (nSPS) is 10.3. The van der Waals surface area contributed by atoms with Gasteiger partial charge in [0.05, 0.1) is 12.1 Å². The minimum absolute atomic E-state index is 0.0712. The molecule has 5 nitrogen and oxygen atoms in total. The largest absolute Gasteiger partial charge is 0.507 e. The van der Waals surface area contributed by atoms with E-state index in [1.807, 2.05) is 13.8 Å². The third kappa shape index (κ3) is 4.95. The molecule has 104 valence electrons. The third-order valence-corrected chi connectivity index (χ3v) is 2.32. The molecule has 0 aliphatic heterocycles. The molecule has 1 rings (SSSR count). The maximum Gasteiger partial charge on any atom is 0.255 e. The van der Waals surface area contributed by atoms with E-state index in [4.69, 9.17) is 0 Å². The number of aromatic hydroxyl groups is 1. The highest BCUT2D eigenvalue weighted by Crippen LogP contribution is 2.17. The Morgan fingerprint density at radius 1 is 1.32 bits per heavy atom. The lowest BCUT2D eigenvalue weighted by molar-refractivity contribution is -0.120. The zero-order chi connectivity index (χ0) is 14.4. The summed E-state index contributed by atoms with van der Waals surface area (Å²) in [5.41, 5.74) is -0.0712.